The van der Waals surface area contributed by atoms with Crippen molar-refractivity contribution in [1.29, 1.82) is 0 Å². The van der Waals surface area contributed by atoms with Crippen LogP contribution in [0.1, 0.15) is 24.2 Å². The Bertz CT molecular complexity index is 494. The van der Waals surface area contributed by atoms with Gasteiger partial charge in [-0.2, -0.15) is 0 Å². The lowest BCUT2D eigenvalue weighted by Crippen LogP contribution is -2.15. The highest BCUT2D eigenvalue weighted by molar-refractivity contribution is 5.03. The van der Waals surface area contributed by atoms with Crippen LogP contribution < -0.4 is 5.32 Å². The van der Waals surface area contributed by atoms with Gasteiger partial charge in [0, 0.05) is 32.0 Å². The van der Waals surface area contributed by atoms with E-state index in [1.54, 1.807) is 0 Å². The maximum Gasteiger partial charge on any atom is 0.0953 e. The van der Waals surface area contributed by atoms with E-state index in [1.165, 1.54) is 18.5 Å². The molecule has 0 aromatic carbocycles. The molecule has 0 spiro atoms. The molecule has 5 heteroatoms. The van der Waals surface area contributed by atoms with Gasteiger partial charge >= 0.3 is 0 Å². The Balaban J connectivity index is 1.61. The second kappa shape index (κ2) is 4.33. The summed E-state index contributed by atoms with van der Waals surface area (Å²) in [6, 6.07) is 0.734. The number of hydrogen-bond donors (Lipinski definition) is 1. The summed E-state index contributed by atoms with van der Waals surface area (Å²) in [6.45, 7) is 1.70. The minimum atomic E-state index is 0.734. The molecule has 2 aromatic heterocycles. The molecule has 0 aliphatic heterocycles. The average Bonchev–Trinajstić information content (AvgIpc) is 2.92. The summed E-state index contributed by atoms with van der Waals surface area (Å²) in [6.07, 6.45) is 10.3. The molecule has 2 heterocycles. The van der Waals surface area contributed by atoms with E-state index in [-0.39, 0.29) is 0 Å². The van der Waals surface area contributed by atoms with E-state index in [1.807, 2.05) is 30.5 Å². The third kappa shape index (κ3) is 2.55. The molecule has 0 unspecified atom stereocenters. The zero-order valence-corrected chi connectivity index (χ0v) is 10.0. The molecular weight excluding hydrogens is 214 g/mol. The van der Waals surface area contributed by atoms with Crippen molar-refractivity contribution >= 4 is 0 Å². The second-order valence-corrected chi connectivity index (χ2v) is 4.69. The Kier molecular flexibility index (Phi) is 2.68. The van der Waals surface area contributed by atoms with Gasteiger partial charge < -0.3 is 14.5 Å². The normalized spacial score (nSPS) is 15.4. The first-order valence-corrected chi connectivity index (χ1v) is 6.00. The van der Waals surface area contributed by atoms with Crippen LogP contribution in [-0.2, 0) is 20.1 Å². The Hall–Kier alpha value is -1.62. The number of aromatic nitrogens is 4. The van der Waals surface area contributed by atoms with Gasteiger partial charge in [-0.05, 0) is 12.8 Å². The van der Waals surface area contributed by atoms with Crippen molar-refractivity contribution in [1.82, 2.24) is 24.4 Å². The van der Waals surface area contributed by atoms with Gasteiger partial charge in [0.1, 0.15) is 0 Å². The van der Waals surface area contributed by atoms with Crippen molar-refractivity contribution < 1.29 is 0 Å². The van der Waals surface area contributed by atoms with Crippen molar-refractivity contribution in [2.45, 2.75) is 32.0 Å². The highest BCUT2D eigenvalue weighted by Gasteiger charge is 2.20. The molecule has 0 bridgehead atoms. The molecular formula is C12H17N5. The lowest BCUT2D eigenvalue weighted by atomic mass is 10.4. The Morgan fingerprint density at radius 1 is 1.41 bits per heavy atom. The highest BCUT2D eigenvalue weighted by Crippen LogP contribution is 2.19. The fourth-order valence-electron chi connectivity index (χ4n) is 1.84. The predicted octanol–water partition coefficient (Wildman–Crippen LogP) is 0.917. The molecule has 2 aromatic rings. The average molecular weight is 231 g/mol. The summed E-state index contributed by atoms with van der Waals surface area (Å²) >= 11 is 0. The van der Waals surface area contributed by atoms with E-state index in [4.69, 9.17) is 0 Å². The van der Waals surface area contributed by atoms with Crippen LogP contribution >= 0.6 is 0 Å². The summed E-state index contributed by atoms with van der Waals surface area (Å²) in [5, 5.41) is 3.46. The minimum absolute atomic E-state index is 0.734. The first kappa shape index (κ1) is 10.5. The van der Waals surface area contributed by atoms with Gasteiger partial charge in [-0.1, -0.05) is 0 Å². The van der Waals surface area contributed by atoms with Crippen molar-refractivity contribution in [3.05, 3.63) is 36.4 Å². The second-order valence-electron chi connectivity index (χ2n) is 4.69. The summed E-state index contributed by atoms with van der Waals surface area (Å²) in [5.41, 5.74) is 2.29. The molecule has 1 aliphatic rings. The first-order chi connectivity index (χ1) is 8.31. The predicted molar refractivity (Wildman–Crippen MR) is 64.4 cm³/mol. The van der Waals surface area contributed by atoms with Gasteiger partial charge in [-0.15, -0.1) is 0 Å². The molecule has 3 rings (SSSR count). The van der Waals surface area contributed by atoms with Gasteiger partial charge in [0.05, 0.1) is 30.6 Å². The SMILES string of the molecule is Cn1cncc1Cn1cnc(CNC2CC2)c1. The summed E-state index contributed by atoms with van der Waals surface area (Å²) in [7, 11) is 2.01. The number of nitrogens with one attached hydrogen (secondary N) is 1. The van der Waals surface area contributed by atoms with Crippen molar-refractivity contribution in [2.75, 3.05) is 0 Å². The van der Waals surface area contributed by atoms with Crippen LogP contribution in [-0.4, -0.2) is 25.1 Å². The van der Waals surface area contributed by atoms with Crippen LogP contribution in [0.4, 0.5) is 0 Å². The monoisotopic (exact) mass is 231 g/mol. The van der Waals surface area contributed by atoms with Gasteiger partial charge in [-0.25, -0.2) is 9.97 Å². The molecule has 1 N–H and O–H groups in total. The molecule has 5 nitrogen and oxygen atoms in total. The number of nitrogens with zero attached hydrogens (tertiary/aromatic N) is 4. The Morgan fingerprint density at radius 2 is 2.29 bits per heavy atom. The number of aryl methyl sites for hydroxylation is 1. The van der Waals surface area contributed by atoms with Crippen LogP contribution in [0, 0.1) is 0 Å². The van der Waals surface area contributed by atoms with E-state index in [0.29, 0.717) is 0 Å². The lowest BCUT2D eigenvalue weighted by molar-refractivity contribution is 0.674. The van der Waals surface area contributed by atoms with Crippen molar-refractivity contribution in [2.24, 2.45) is 7.05 Å². The van der Waals surface area contributed by atoms with E-state index in [9.17, 15) is 0 Å². The van der Waals surface area contributed by atoms with Crippen LogP contribution in [0.5, 0.6) is 0 Å². The van der Waals surface area contributed by atoms with Crippen LogP contribution in [0.25, 0.3) is 0 Å². The first-order valence-electron chi connectivity index (χ1n) is 6.00. The molecule has 0 atom stereocenters. The molecule has 17 heavy (non-hydrogen) atoms. The quantitative estimate of drug-likeness (QED) is 0.832. The van der Waals surface area contributed by atoms with E-state index >= 15 is 0 Å². The maximum atomic E-state index is 4.40. The van der Waals surface area contributed by atoms with Gasteiger partial charge in [0.2, 0.25) is 0 Å². The van der Waals surface area contributed by atoms with Crippen LogP contribution in [0.2, 0.25) is 0 Å². The van der Waals surface area contributed by atoms with E-state index in [2.05, 4.69) is 26.0 Å². The zero-order chi connectivity index (χ0) is 11.7. The molecule has 0 radical (unpaired) electrons. The summed E-state index contributed by atoms with van der Waals surface area (Å²) in [5.74, 6) is 0. The smallest absolute Gasteiger partial charge is 0.0953 e. The molecule has 1 saturated carbocycles. The summed E-state index contributed by atoms with van der Waals surface area (Å²) in [4.78, 5) is 8.51. The topological polar surface area (TPSA) is 47.7 Å². The number of hydrogen-bond acceptors (Lipinski definition) is 3. The van der Waals surface area contributed by atoms with Gasteiger partial charge in [-0.3, -0.25) is 0 Å². The third-order valence-electron chi connectivity index (χ3n) is 3.10. The fourth-order valence-corrected chi connectivity index (χ4v) is 1.84. The lowest BCUT2D eigenvalue weighted by Gasteiger charge is -2.02. The van der Waals surface area contributed by atoms with Crippen molar-refractivity contribution in [3.8, 4) is 0 Å². The molecule has 1 aliphatic carbocycles. The zero-order valence-electron chi connectivity index (χ0n) is 10.0. The molecule has 0 amide bonds. The maximum absolute atomic E-state index is 4.40. The summed E-state index contributed by atoms with van der Waals surface area (Å²) < 4.78 is 4.13. The van der Waals surface area contributed by atoms with Gasteiger partial charge in [0.25, 0.3) is 0 Å². The molecule has 90 valence electrons. The number of rotatable bonds is 5. The van der Waals surface area contributed by atoms with Crippen molar-refractivity contribution in [3.63, 3.8) is 0 Å². The number of imidazole rings is 2. The Labute approximate surface area is 100 Å². The Morgan fingerprint density at radius 3 is 3.00 bits per heavy atom. The minimum Gasteiger partial charge on any atom is -0.336 e. The largest absolute Gasteiger partial charge is 0.336 e. The third-order valence-corrected chi connectivity index (χ3v) is 3.10. The van der Waals surface area contributed by atoms with Crippen LogP contribution in [0.3, 0.4) is 0 Å². The van der Waals surface area contributed by atoms with Crippen LogP contribution in [0.15, 0.2) is 25.0 Å². The highest BCUT2D eigenvalue weighted by atomic mass is 15.1. The fraction of sp³-hybridized carbons (Fsp3) is 0.500. The standard InChI is InChI=1S/C12H17N5/c1-16-8-13-5-12(16)7-17-6-11(15-9-17)4-14-10-2-3-10/h5-6,8-10,14H,2-4,7H2,1H3. The van der Waals surface area contributed by atoms with E-state index < -0.39 is 0 Å². The van der Waals surface area contributed by atoms with Gasteiger partial charge in [0.15, 0.2) is 0 Å². The van der Waals surface area contributed by atoms with E-state index in [0.717, 1.165) is 24.8 Å². The molecule has 1 fully saturated rings. The molecule has 0 saturated heterocycles.